The summed E-state index contributed by atoms with van der Waals surface area (Å²) in [5, 5.41) is 0. The summed E-state index contributed by atoms with van der Waals surface area (Å²) in [6.07, 6.45) is 12.9. The van der Waals surface area contributed by atoms with Gasteiger partial charge in [0.15, 0.2) is 0 Å². The summed E-state index contributed by atoms with van der Waals surface area (Å²) in [4.78, 5) is 0. The van der Waals surface area contributed by atoms with Gasteiger partial charge in [0.1, 0.15) is 17.5 Å². The number of benzene rings is 2. The molecule has 0 aromatic heterocycles. The summed E-state index contributed by atoms with van der Waals surface area (Å²) in [5.74, 6) is 1.28. The van der Waals surface area contributed by atoms with Crippen LogP contribution in [-0.2, 0) is 0 Å². The minimum Gasteiger partial charge on any atom is -0.207 e. The van der Waals surface area contributed by atoms with Gasteiger partial charge in [0.05, 0.1) is 0 Å². The Morgan fingerprint density at radius 2 is 1.32 bits per heavy atom. The first-order valence-corrected chi connectivity index (χ1v) is 12.2. The van der Waals surface area contributed by atoms with Crippen LogP contribution in [0.4, 0.5) is 13.2 Å². The van der Waals surface area contributed by atoms with Crippen molar-refractivity contribution in [1.29, 1.82) is 0 Å². The van der Waals surface area contributed by atoms with E-state index in [4.69, 9.17) is 0 Å². The molecular weight excluding hydrogens is 393 g/mol. The highest BCUT2D eigenvalue weighted by Crippen LogP contribution is 2.42. The molecule has 0 heterocycles. The molecule has 2 aliphatic carbocycles. The zero-order valence-corrected chi connectivity index (χ0v) is 18.9. The smallest absolute Gasteiger partial charge is 0.131 e. The van der Waals surface area contributed by atoms with Gasteiger partial charge in [-0.1, -0.05) is 57.6 Å². The number of halogens is 3. The molecule has 4 rings (SSSR count). The monoisotopic (exact) mass is 428 g/mol. The molecule has 2 fully saturated rings. The molecule has 4 atom stereocenters. The van der Waals surface area contributed by atoms with Crippen molar-refractivity contribution in [1.82, 2.24) is 0 Å². The predicted molar refractivity (Wildman–Crippen MR) is 122 cm³/mol. The summed E-state index contributed by atoms with van der Waals surface area (Å²) >= 11 is 0. The molecule has 0 N–H and O–H groups in total. The third-order valence-electron chi connectivity index (χ3n) is 8.04. The maximum Gasteiger partial charge on any atom is 0.131 e. The number of hydrogen-bond donors (Lipinski definition) is 0. The van der Waals surface area contributed by atoms with E-state index in [0.29, 0.717) is 5.92 Å². The maximum atomic E-state index is 15.0. The average Bonchev–Trinajstić information content (AvgIpc) is 3.12. The maximum absolute atomic E-state index is 15.0. The van der Waals surface area contributed by atoms with Gasteiger partial charge in [0.25, 0.3) is 0 Å². The Morgan fingerprint density at radius 3 is 2.00 bits per heavy atom. The topological polar surface area (TPSA) is 0 Å². The molecular formula is C28H35F3. The molecule has 0 nitrogen and oxygen atoms in total. The van der Waals surface area contributed by atoms with Gasteiger partial charge in [-0.25, -0.2) is 13.2 Å². The van der Waals surface area contributed by atoms with Gasteiger partial charge in [0.2, 0.25) is 0 Å². The fraction of sp³-hybridized carbons (Fsp3) is 0.571. The van der Waals surface area contributed by atoms with E-state index in [2.05, 4.69) is 6.92 Å². The van der Waals surface area contributed by atoms with Gasteiger partial charge in [-0.2, -0.15) is 0 Å². The lowest BCUT2D eigenvalue weighted by Gasteiger charge is -2.25. The fourth-order valence-corrected chi connectivity index (χ4v) is 5.94. The predicted octanol–water partition coefficient (Wildman–Crippen LogP) is 8.96. The third kappa shape index (κ3) is 5.18. The molecule has 0 aliphatic heterocycles. The number of hydrogen-bond acceptors (Lipinski definition) is 0. The van der Waals surface area contributed by atoms with E-state index in [1.54, 1.807) is 12.1 Å². The van der Waals surface area contributed by atoms with Crippen LogP contribution >= 0.6 is 0 Å². The molecule has 0 saturated heterocycles. The van der Waals surface area contributed by atoms with Crippen molar-refractivity contribution in [2.24, 2.45) is 17.8 Å². The molecule has 0 spiro atoms. The van der Waals surface area contributed by atoms with Crippen molar-refractivity contribution < 1.29 is 13.2 Å². The van der Waals surface area contributed by atoms with E-state index < -0.39 is 17.5 Å². The molecule has 2 saturated carbocycles. The first kappa shape index (κ1) is 22.4. The second-order valence-electron chi connectivity index (χ2n) is 10.1. The summed E-state index contributed by atoms with van der Waals surface area (Å²) in [5.41, 5.74) is 1.52. The Bertz CT molecular complexity index is 880. The van der Waals surface area contributed by atoms with Crippen LogP contribution in [0.15, 0.2) is 30.3 Å². The van der Waals surface area contributed by atoms with Crippen molar-refractivity contribution in [3.63, 3.8) is 0 Å². The van der Waals surface area contributed by atoms with Crippen molar-refractivity contribution in [3.05, 3.63) is 58.9 Å². The summed E-state index contributed by atoms with van der Waals surface area (Å²) in [6, 6.07) is 7.71. The quantitative estimate of drug-likeness (QED) is 0.428. The van der Waals surface area contributed by atoms with E-state index in [-0.39, 0.29) is 16.7 Å². The molecule has 0 bridgehead atoms. The molecule has 0 radical (unpaired) electrons. The van der Waals surface area contributed by atoms with Crippen LogP contribution in [-0.4, -0.2) is 0 Å². The van der Waals surface area contributed by atoms with E-state index >= 15 is 0 Å². The molecule has 2 aromatic carbocycles. The Morgan fingerprint density at radius 1 is 0.677 bits per heavy atom. The molecule has 31 heavy (non-hydrogen) atoms. The van der Waals surface area contributed by atoms with Gasteiger partial charge in [-0.15, -0.1) is 0 Å². The first-order chi connectivity index (χ1) is 14.9. The van der Waals surface area contributed by atoms with Crippen molar-refractivity contribution >= 4 is 0 Å². The Balaban J connectivity index is 1.46. The zero-order valence-electron chi connectivity index (χ0n) is 18.9. The molecule has 2 aliphatic rings. The zero-order chi connectivity index (χ0) is 22.0. The lowest BCUT2D eigenvalue weighted by Crippen LogP contribution is -2.14. The van der Waals surface area contributed by atoms with Gasteiger partial charge in [-0.3, -0.25) is 0 Å². The highest BCUT2D eigenvalue weighted by atomic mass is 19.1. The van der Waals surface area contributed by atoms with Crippen LogP contribution in [0.25, 0.3) is 11.1 Å². The fourth-order valence-electron chi connectivity index (χ4n) is 5.94. The highest BCUT2D eigenvalue weighted by Gasteiger charge is 2.28. The largest absolute Gasteiger partial charge is 0.207 e. The van der Waals surface area contributed by atoms with Gasteiger partial charge < -0.3 is 0 Å². The minimum absolute atomic E-state index is 0.0306. The molecule has 0 amide bonds. The normalized spacial score (nSPS) is 27.5. The van der Waals surface area contributed by atoms with Crippen LogP contribution in [0.2, 0.25) is 0 Å². The third-order valence-corrected chi connectivity index (χ3v) is 8.04. The highest BCUT2D eigenvalue weighted by molar-refractivity contribution is 5.65. The standard InChI is InChI=1S/C28H35F3/c1-18-5-3-6-20(10-9-18)21-7-4-8-22(12-11-21)23-13-14-25(28(31)15-23)24-16-26(29)19(2)27(30)17-24/h13-18,20-22H,3-12H2,1-2H3. The van der Waals surface area contributed by atoms with Crippen LogP contribution in [0.5, 0.6) is 0 Å². The average molecular weight is 429 g/mol. The Kier molecular flexibility index (Phi) is 7.08. The van der Waals surface area contributed by atoms with E-state index in [0.717, 1.165) is 36.2 Å². The molecule has 168 valence electrons. The minimum atomic E-state index is -0.638. The Hall–Kier alpha value is -1.77. The van der Waals surface area contributed by atoms with Crippen molar-refractivity contribution in [2.75, 3.05) is 0 Å². The van der Waals surface area contributed by atoms with E-state index in [9.17, 15) is 13.2 Å². The van der Waals surface area contributed by atoms with Crippen LogP contribution < -0.4 is 0 Å². The van der Waals surface area contributed by atoms with E-state index in [1.165, 1.54) is 70.4 Å². The Labute approximate surface area is 185 Å². The lowest BCUT2D eigenvalue weighted by atomic mass is 9.81. The van der Waals surface area contributed by atoms with E-state index in [1.807, 2.05) is 6.07 Å². The second-order valence-corrected chi connectivity index (χ2v) is 10.1. The van der Waals surface area contributed by atoms with Gasteiger partial charge in [-0.05, 0) is 85.6 Å². The SMILES string of the molecule is Cc1c(F)cc(-c2ccc(C3CCCC(C4CCCC(C)CC4)CC3)cc2F)cc1F. The summed E-state index contributed by atoms with van der Waals surface area (Å²) in [7, 11) is 0. The number of rotatable bonds is 3. The van der Waals surface area contributed by atoms with Crippen LogP contribution in [0, 0.1) is 42.1 Å². The first-order valence-electron chi connectivity index (χ1n) is 12.2. The second kappa shape index (κ2) is 9.79. The summed E-state index contributed by atoms with van der Waals surface area (Å²) < 4.78 is 42.9. The van der Waals surface area contributed by atoms with Crippen LogP contribution in [0.3, 0.4) is 0 Å². The van der Waals surface area contributed by atoms with Gasteiger partial charge in [0, 0.05) is 11.1 Å². The van der Waals surface area contributed by atoms with Crippen molar-refractivity contribution in [3.8, 4) is 11.1 Å². The molecule has 4 unspecified atom stereocenters. The van der Waals surface area contributed by atoms with Crippen molar-refractivity contribution in [2.45, 2.75) is 84.0 Å². The lowest BCUT2D eigenvalue weighted by molar-refractivity contribution is 0.266. The van der Waals surface area contributed by atoms with Gasteiger partial charge >= 0.3 is 0 Å². The summed E-state index contributed by atoms with van der Waals surface area (Å²) in [6.45, 7) is 3.78. The molecule has 3 heteroatoms. The molecule has 2 aromatic rings. The van der Waals surface area contributed by atoms with Crippen LogP contribution in [0.1, 0.15) is 88.2 Å².